The molecule has 0 bridgehead atoms. The van der Waals surface area contributed by atoms with Crippen molar-refractivity contribution in [3.63, 3.8) is 0 Å². The second kappa shape index (κ2) is 8.38. The van der Waals surface area contributed by atoms with Crippen LogP contribution >= 0.6 is 0 Å². The van der Waals surface area contributed by atoms with E-state index in [0.29, 0.717) is 26.1 Å². The van der Waals surface area contributed by atoms with Crippen LogP contribution in [0.25, 0.3) is 0 Å². The van der Waals surface area contributed by atoms with Crippen LogP contribution in [0.3, 0.4) is 0 Å². The first-order chi connectivity index (χ1) is 14.5. The third kappa shape index (κ3) is 3.99. The van der Waals surface area contributed by atoms with Crippen molar-refractivity contribution in [1.82, 2.24) is 4.90 Å². The number of hydrogen-bond acceptors (Lipinski definition) is 4. The van der Waals surface area contributed by atoms with Crippen molar-refractivity contribution >= 4 is 23.2 Å². The lowest BCUT2D eigenvalue weighted by atomic mass is 10.1. The Kier molecular flexibility index (Phi) is 5.66. The number of nitrogens with zero attached hydrogens (tertiary/aromatic N) is 3. The quantitative estimate of drug-likeness (QED) is 0.782. The standard InChI is InChI=1S/C24H29N3O3/c1-17-12-18(2)14-20(13-17)27-16-19(15-23(27)28)24(29)26-10-8-25(9-11-26)21-6-4-5-7-22(21)30-3/h4-7,12-14,19H,8-11,15-16H2,1-3H3. The molecule has 1 atom stereocenters. The molecule has 30 heavy (non-hydrogen) atoms. The number of amides is 2. The summed E-state index contributed by atoms with van der Waals surface area (Å²) in [5.74, 6) is 0.708. The Bertz CT molecular complexity index is 930. The molecule has 0 saturated carbocycles. The molecular formula is C24H29N3O3. The van der Waals surface area contributed by atoms with Gasteiger partial charge in [-0.15, -0.1) is 0 Å². The lowest BCUT2D eigenvalue weighted by Crippen LogP contribution is -2.50. The van der Waals surface area contributed by atoms with E-state index in [1.807, 2.05) is 55.1 Å². The Hall–Kier alpha value is -3.02. The number of aryl methyl sites for hydroxylation is 2. The van der Waals surface area contributed by atoms with Crippen molar-refractivity contribution in [2.75, 3.05) is 49.6 Å². The number of hydrogen-bond donors (Lipinski definition) is 0. The lowest BCUT2D eigenvalue weighted by molar-refractivity contribution is -0.136. The van der Waals surface area contributed by atoms with E-state index >= 15 is 0 Å². The maximum absolute atomic E-state index is 13.1. The van der Waals surface area contributed by atoms with E-state index in [1.165, 1.54) is 0 Å². The summed E-state index contributed by atoms with van der Waals surface area (Å²) in [5, 5.41) is 0. The Balaban J connectivity index is 1.39. The topological polar surface area (TPSA) is 53.1 Å². The fraction of sp³-hybridized carbons (Fsp3) is 0.417. The Morgan fingerprint density at radius 1 is 1.00 bits per heavy atom. The van der Waals surface area contributed by atoms with Gasteiger partial charge in [-0.3, -0.25) is 9.59 Å². The van der Waals surface area contributed by atoms with Crippen LogP contribution in [0.4, 0.5) is 11.4 Å². The van der Waals surface area contributed by atoms with Crippen LogP contribution in [0.15, 0.2) is 42.5 Å². The summed E-state index contributed by atoms with van der Waals surface area (Å²) in [4.78, 5) is 31.7. The van der Waals surface area contributed by atoms with Crippen molar-refractivity contribution in [3.05, 3.63) is 53.6 Å². The maximum atomic E-state index is 13.1. The normalized spacial score (nSPS) is 19.4. The van der Waals surface area contributed by atoms with Gasteiger partial charge in [0.2, 0.25) is 11.8 Å². The zero-order valence-electron chi connectivity index (χ0n) is 17.9. The zero-order valence-corrected chi connectivity index (χ0v) is 17.9. The predicted molar refractivity (Wildman–Crippen MR) is 118 cm³/mol. The summed E-state index contributed by atoms with van der Waals surface area (Å²) in [6.45, 7) is 7.35. The molecule has 1 unspecified atom stereocenters. The molecule has 2 saturated heterocycles. The van der Waals surface area contributed by atoms with Crippen LogP contribution in [0.1, 0.15) is 17.5 Å². The van der Waals surface area contributed by atoms with E-state index < -0.39 is 0 Å². The molecule has 2 fully saturated rings. The van der Waals surface area contributed by atoms with Crippen LogP contribution in [-0.4, -0.2) is 56.5 Å². The molecule has 2 amide bonds. The van der Waals surface area contributed by atoms with Gasteiger partial charge >= 0.3 is 0 Å². The van der Waals surface area contributed by atoms with E-state index in [2.05, 4.69) is 11.0 Å². The van der Waals surface area contributed by atoms with Gasteiger partial charge in [0.25, 0.3) is 0 Å². The van der Waals surface area contributed by atoms with Gasteiger partial charge in [0.1, 0.15) is 5.75 Å². The highest BCUT2D eigenvalue weighted by molar-refractivity contribution is 6.00. The molecular weight excluding hydrogens is 378 g/mol. The number of ether oxygens (including phenoxy) is 1. The highest BCUT2D eigenvalue weighted by Gasteiger charge is 2.38. The monoisotopic (exact) mass is 407 g/mol. The fourth-order valence-electron chi connectivity index (χ4n) is 4.55. The summed E-state index contributed by atoms with van der Waals surface area (Å²) in [5.41, 5.74) is 4.21. The van der Waals surface area contributed by atoms with Gasteiger partial charge < -0.3 is 19.4 Å². The molecule has 2 aromatic carbocycles. The molecule has 2 aromatic rings. The number of benzene rings is 2. The molecule has 2 heterocycles. The summed E-state index contributed by atoms with van der Waals surface area (Å²) >= 11 is 0. The highest BCUT2D eigenvalue weighted by atomic mass is 16.5. The van der Waals surface area contributed by atoms with E-state index in [0.717, 1.165) is 41.3 Å². The first-order valence-corrected chi connectivity index (χ1v) is 10.5. The average molecular weight is 408 g/mol. The van der Waals surface area contributed by atoms with Gasteiger partial charge in [-0.05, 0) is 49.2 Å². The van der Waals surface area contributed by atoms with Crippen LogP contribution in [-0.2, 0) is 9.59 Å². The maximum Gasteiger partial charge on any atom is 0.228 e. The van der Waals surface area contributed by atoms with Gasteiger partial charge in [-0.2, -0.15) is 0 Å². The van der Waals surface area contributed by atoms with E-state index in [-0.39, 0.29) is 17.7 Å². The van der Waals surface area contributed by atoms with Gasteiger partial charge in [0, 0.05) is 44.8 Å². The number of methoxy groups -OCH3 is 1. The van der Waals surface area contributed by atoms with Crippen LogP contribution in [0.2, 0.25) is 0 Å². The van der Waals surface area contributed by atoms with Crippen molar-refractivity contribution in [2.24, 2.45) is 5.92 Å². The highest BCUT2D eigenvalue weighted by Crippen LogP contribution is 2.30. The van der Waals surface area contributed by atoms with Crippen LogP contribution in [0.5, 0.6) is 5.75 Å². The number of carbonyl (C=O) groups excluding carboxylic acids is 2. The van der Waals surface area contributed by atoms with Crippen molar-refractivity contribution in [1.29, 1.82) is 0 Å². The third-order valence-corrected chi connectivity index (χ3v) is 6.01. The Morgan fingerprint density at radius 2 is 1.67 bits per heavy atom. The summed E-state index contributed by atoms with van der Waals surface area (Å²) in [6, 6.07) is 14.1. The number of carbonyl (C=O) groups is 2. The number of para-hydroxylation sites is 2. The average Bonchev–Trinajstić information content (AvgIpc) is 3.14. The third-order valence-electron chi connectivity index (χ3n) is 6.01. The lowest BCUT2D eigenvalue weighted by Gasteiger charge is -2.37. The molecule has 158 valence electrons. The molecule has 0 radical (unpaired) electrons. The van der Waals surface area contributed by atoms with E-state index in [4.69, 9.17) is 4.74 Å². The van der Waals surface area contributed by atoms with Gasteiger partial charge in [0.05, 0.1) is 18.7 Å². The molecule has 0 aromatic heterocycles. The molecule has 6 heteroatoms. The first-order valence-electron chi connectivity index (χ1n) is 10.5. The predicted octanol–water partition coefficient (Wildman–Crippen LogP) is 3.01. The minimum absolute atomic E-state index is 0.0333. The van der Waals surface area contributed by atoms with Crippen molar-refractivity contribution in [2.45, 2.75) is 20.3 Å². The van der Waals surface area contributed by atoms with Crippen molar-refractivity contribution in [3.8, 4) is 5.75 Å². The van der Waals surface area contributed by atoms with E-state index in [1.54, 1.807) is 12.0 Å². The SMILES string of the molecule is COc1ccccc1N1CCN(C(=O)C2CC(=O)N(c3cc(C)cc(C)c3)C2)CC1. The molecule has 0 aliphatic carbocycles. The molecule has 0 N–H and O–H groups in total. The van der Waals surface area contributed by atoms with Gasteiger partial charge in [-0.1, -0.05) is 18.2 Å². The minimum Gasteiger partial charge on any atom is -0.495 e. The fourth-order valence-corrected chi connectivity index (χ4v) is 4.55. The van der Waals surface area contributed by atoms with Crippen molar-refractivity contribution < 1.29 is 14.3 Å². The Labute approximate surface area is 178 Å². The smallest absolute Gasteiger partial charge is 0.228 e. The van der Waals surface area contributed by atoms with Crippen LogP contribution in [0, 0.1) is 19.8 Å². The Morgan fingerprint density at radius 3 is 2.33 bits per heavy atom. The van der Waals surface area contributed by atoms with Crippen LogP contribution < -0.4 is 14.5 Å². The first kappa shape index (κ1) is 20.3. The zero-order chi connectivity index (χ0) is 21.3. The molecule has 4 rings (SSSR count). The number of piperazine rings is 1. The van der Waals surface area contributed by atoms with Gasteiger partial charge in [0.15, 0.2) is 0 Å². The number of anilines is 2. The summed E-state index contributed by atoms with van der Waals surface area (Å²) in [7, 11) is 1.68. The summed E-state index contributed by atoms with van der Waals surface area (Å²) in [6.07, 6.45) is 0.290. The molecule has 0 spiro atoms. The summed E-state index contributed by atoms with van der Waals surface area (Å²) < 4.78 is 5.47. The van der Waals surface area contributed by atoms with E-state index in [9.17, 15) is 9.59 Å². The molecule has 2 aliphatic heterocycles. The molecule has 2 aliphatic rings. The second-order valence-electron chi connectivity index (χ2n) is 8.24. The second-order valence-corrected chi connectivity index (χ2v) is 8.24. The molecule has 6 nitrogen and oxygen atoms in total. The van der Waals surface area contributed by atoms with Gasteiger partial charge in [-0.25, -0.2) is 0 Å². The largest absolute Gasteiger partial charge is 0.495 e. The number of rotatable bonds is 4. The minimum atomic E-state index is -0.267.